The molecule has 6 nitrogen and oxygen atoms in total. The quantitative estimate of drug-likeness (QED) is 0.925. The summed E-state index contributed by atoms with van der Waals surface area (Å²) in [5.41, 5.74) is 2.13. The first kappa shape index (κ1) is 15.7. The van der Waals surface area contributed by atoms with Gasteiger partial charge in [-0.25, -0.2) is 8.42 Å². The van der Waals surface area contributed by atoms with Crippen LogP contribution in [0.4, 0.5) is 0 Å². The molecular formula is C16H18N2O4S. The third-order valence-corrected chi connectivity index (χ3v) is 5.97. The molecule has 1 aromatic carbocycles. The van der Waals surface area contributed by atoms with Crippen molar-refractivity contribution >= 4 is 15.7 Å². The molecule has 0 aliphatic carbocycles. The Bertz CT molecular complexity index is 835. The SMILES string of the molecule is Cc1noc(C)c1CC(=O)NC1CCS(=O)(=O)c2ccccc21. The van der Waals surface area contributed by atoms with Gasteiger partial charge in [-0.05, 0) is 31.9 Å². The van der Waals surface area contributed by atoms with E-state index in [0.29, 0.717) is 28.3 Å². The molecule has 0 fully saturated rings. The highest BCUT2D eigenvalue weighted by molar-refractivity contribution is 7.91. The number of aromatic nitrogens is 1. The van der Waals surface area contributed by atoms with Crippen LogP contribution >= 0.6 is 0 Å². The van der Waals surface area contributed by atoms with Crippen LogP contribution in [-0.4, -0.2) is 25.2 Å². The third kappa shape index (κ3) is 3.01. The normalized spacial score (nSPS) is 19.1. The van der Waals surface area contributed by atoms with Crippen molar-refractivity contribution in [2.24, 2.45) is 0 Å². The Morgan fingerprint density at radius 1 is 1.35 bits per heavy atom. The van der Waals surface area contributed by atoms with Gasteiger partial charge >= 0.3 is 0 Å². The molecule has 1 aliphatic heterocycles. The number of carbonyl (C=O) groups is 1. The number of fused-ring (bicyclic) bond motifs is 1. The number of amides is 1. The van der Waals surface area contributed by atoms with Gasteiger partial charge < -0.3 is 9.84 Å². The van der Waals surface area contributed by atoms with E-state index in [1.54, 1.807) is 38.1 Å². The van der Waals surface area contributed by atoms with Gasteiger partial charge in [-0.2, -0.15) is 0 Å². The van der Waals surface area contributed by atoms with Crippen molar-refractivity contribution in [2.45, 2.75) is 37.6 Å². The predicted molar refractivity (Wildman–Crippen MR) is 83.7 cm³/mol. The molecule has 0 spiro atoms. The van der Waals surface area contributed by atoms with Crippen molar-refractivity contribution in [3.63, 3.8) is 0 Å². The lowest BCUT2D eigenvalue weighted by atomic mass is 10.0. The van der Waals surface area contributed by atoms with Crippen LogP contribution in [0.3, 0.4) is 0 Å². The van der Waals surface area contributed by atoms with E-state index >= 15 is 0 Å². The van der Waals surface area contributed by atoms with Crippen LogP contribution in [0.5, 0.6) is 0 Å². The number of benzene rings is 1. The lowest BCUT2D eigenvalue weighted by Gasteiger charge is -2.26. The van der Waals surface area contributed by atoms with Gasteiger partial charge in [0, 0.05) is 5.56 Å². The zero-order valence-electron chi connectivity index (χ0n) is 13.0. The summed E-state index contributed by atoms with van der Waals surface area (Å²) in [4.78, 5) is 12.6. The maximum Gasteiger partial charge on any atom is 0.225 e. The molecule has 1 unspecified atom stereocenters. The van der Waals surface area contributed by atoms with E-state index in [0.717, 1.165) is 5.56 Å². The minimum Gasteiger partial charge on any atom is -0.361 e. The van der Waals surface area contributed by atoms with Crippen molar-refractivity contribution in [3.8, 4) is 0 Å². The number of nitrogens with zero attached hydrogens (tertiary/aromatic N) is 1. The van der Waals surface area contributed by atoms with Crippen LogP contribution in [-0.2, 0) is 21.1 Å². The zero-order chi connectivity index (χ0) is 16.6. The highest BCUT2D eigenvalue weighted by atomic mass is 32.2. The fourth-order valence-electron chi connectivity index (χ4n) is 2.90. The number of aryl methyl sites for hydroxylation is 2. The summed E-state index contributed by atoms with van der Waals surface area (Å²) in [5.74, 6) is 0.503. The molecule has 1 aliphatic rings. The molecule has 0 saturated carbocycles. The smallest absolute Gasteiger partial charge is 0.225 e. The molecule has 122 valence electrons. The second kappa shape index (κ2) is 5.81. The van der Waals surface area contributed by atoms with Crippen LogP contribution in [0.15, 0.2) is 33.7 Å². The van der Waals surface area contributed by atoms with Gasteiger partial charge in [0.1, 0.15) is 5.76 Å². The molecule has 1 atom stereocenters. The Kier molecular flexibility index (Phi) is 3.97. The van der Waals surface area contributed by atoms with E-state index in [2.05, 4.69) is 10.5 Å². The van der Waals surface area contributed by atoms with Gasteiger partial charge in [0.2, 0.25) is 5.91 Å². The van der Waals surface area contributed by atoms with E-state index in [-0.39, 0.29) is 24.1 Å². The van der Waals surface area contributed by atoms with Gasteiger partial charge in [0.15, 0.2) is 9.84 Å². The van der Waals surface area contributed by atoms with Crippen molar-refractivity contribution in [1.29, 1.82) is 0 Å². The van der Waals surface area contributed by atoms with Gasteiger partial charge in [0.25, 0.3) is 0 Å². The largest absolute Gasteiger partial charge is 0.361 e. The maximum atomic E-state index is 12.3. The molecule has 3 rings (SSSR count). The molecule has 0 saturated heterocycles. The monoisotopic (exact) mass is 334 g/mol. The number of sulfone groups is 1. The first-order valence-electron chi connectivity index (χ1n) is 7.41. The fraction of sp³-hybridized carbons (Fsp3) is 0.375. The van der Waals surface area contributed by atoms with E-state index in [1.807, 2.05) is 0 Å². The van der Waals surface area contributed by atoms with E-state index < -0.39 is 9.84 Å². The highest BCUT2D eigenvalue weighted by Crippen LogP contribution is 2.31. The Labute approximate surface area is 134 Å². The number of rotatable bonds is 3. The Morgan fingerprint density at radius 3 is 2.78 bits per heavy atom. The highest BCUT2D eigenvalue weighted by Gasteiger charge is 2.30. The van der Waals surface area contributed by atoms with E-state index in [9.17, 15) is 13.2 Å². The molecule has 0 bridgehead atoms. The van der Waals surface area contributed by atoms with Crippen molar-refractivity contribution in [2.75, 3.05) is 5.75 Å². The van der Waals surface area contributed by atoms with Crippen molar-refractivity contribution in [1.82, 2.24) is 10.5 Å². The topological polar surface area (TPSA) is 89.3 Å². The average Bonchev–Trinajstić information content (AvgIpc) is 2.82. The molecule has 23 heavy (non-hydrogen) atoms. The third-order valence-electron chi connectivity index (χ3n) is 4.16. The van der Waals surface area contributed by atoms with Crippen LogP contribution in [0.1, 0.15) is 35.0 Å². The van der Waals surface area contributed by atoms with Crippen LogP contribution in [0.25, 0.3) is 0 Å². The first-order valence-corrected chi connectivity index (χ1v) is 9.06. The summed E-state index contributed by atoms with van der Waals surface area (Å²) in [6.45, 7) is 3.56. The van der Waals surface area contributed by atoms with Crippen LogP contribution in [0, 0.1) is 13.8 Å². The summed E-state index contributed by atoms with van der Waals surface area (Å²) in [5, 5.41) is 6.77. The first-order chi connectivity index (χ1) is 10.9. The lowest BCUT2D eigenvalue weighted by Crippen LogP contribution is -2.34. The number of nitrogens with one attached hydrogen (secondary N) is 1. The fourth-order valence-corrected chi connectivity index (χ4v) is 4.52. The summed E-state index contributed by atoms with van der Waals surface area (Å²) >= 11 is 0. The predicted octanol–water partition coefficient (Wildman–Crippen LogP) is 1.87. The summed E-state index contributed by atoms with van der Waals surface area (Å²) in [6.07, 6.45) is 0.555. The minimum absolute atomic E-state index is 0.0419. The van der Waals surface area contributed by atoms with Gasteiger partial charge in [-0.1, -0.05) is 23.4 Å². The van der Waals surface area contributed by atoms with Crippen molar-refractivity contribution < 1.29 is 17.7 Å². The summed E-state index contributed by atoms with van der Waals surface area (Å²) < 4.78 is 29.3. The van der Waals surface area contributed by atoms with E-state index in [1.165, 1.54) is 0 Å². The number of hydrogen-bond donors (Lipinski definition) is 1. The standard InChI is InChI=1S/C16H18N2O4S/c1-10-13(11(2)22-18-10)9-16(19)17-14-7-8-23(20,21)15-6-4-3-5-12(14)15/h3-6,14H,7-9H2,1-2H3,(H,17,19). The Balaban J connectivity index is 1.80. The lowest BCUT2D eigenvalue weighted by molar-refractivity contribution is -0.121. The summed E-state index contributed by atoms with van der Waals surface area (Å²) in [7, 11) is -3.25. The molecule has 1 N–H and O–H groups in total. The molecule has 7 heteroatoms. The zero-order valence-corrected chi connectivity index (χ0v) is 13.8. The molecule has 2 aromatic rings. The molecule has 1 aromatic heterocycles. The Hall–Kier alpha value is -2.15. The summed E-state index contributed by atoms with van der Waals surface area (Å²) in [6, 6.07) is 6.55. The Morgan fingerprint density at radius 2 is 2.09 bits per heavy atom. The van der Waals surface area contributed by atoms with Crippen LogP contribution < -0.4 is 5.32 Å². The van der Waals surface area contributed by atoms with E-state index in [4.69, 9.17) is 4.52 Å². The number of carbonyl (C=O) groups excluding carboxylic acids is 1. The molecule has 2 heterocycles. The van der Waals surface area contributed by atoms with Gasteiger partial charge in [-0.15, -0.1) is 0 Å². The maximum absolute atomic E-state index is 12.3. The van der Waals surface area contributed by atoms with Gasteiger partial charge in [-0.3, -0.25) is 4.79 Å². The van der Waals surface area contributed by atoms with Crippen molar-refractivity contribution in [3.05, 3.63) is 46.8 Å². The minimum atomic E-state index is -3.25. The number of hydrogen-bond acceptors (Lipinski definition) is 5. The van der Waals surface area contributed by atoms with Crippen LogP contribution in [0.2, 0.25) is 0 Å². The second-order valence-corrected chi connectivity index (χ2v) is 7.82. The molecule has 1 amide bonds. The molecular weight excluding hydrogens is 316 g/mol. The average molecular weight is 334 g/mol. The molecule has 0 radical (unpaired) electrons. The second-order valence-electron chi connectivity index (χ2n) is 5.74. The van der Waals surface area contributed by atoms with Gasteiger partial charge in [0.05, 0.1) is 28.8 Å².